The molecule has 0 amide bonds. The minimum atomic E-state index is -0.766. The topological polar surface area (TPSA) is 37.3 Å². The highest BCUT2D eigenvalue weighted by atomic mass is 16.4. The van der Waals surface area contributed by atoms with E-state index in [-0.39, 0.29) is 0 Å². The van der Waals surface area contributed by atoms with Crippen molar-refractivity contribution in [3.05, 3.63) is 34.9 Å². The first-order valence-electron chi connectivity index (χ1n) is 5.23. The zero-order valence-electron chi connectivity index (χ0n) is 9.79. The van der Waals surface area contributed by atoms with Gasteiger partial charge in [-0.1, -0.05) is 30.7 Å². The number of benzene rings is 1. The van der Waals surface area contributed by atoms with Crippen LogP contribution >= 0.6 is 0 Å². The maximum absolute atomic E-state index is 11.3. The monoisotopic (exact) mass is 206 g/mol. The summed E-state index contributed by atoms with van der Waals surface area (Å²) < 4.78 is 0. The molecule has 1 atom stereocenters. The van der Waals surface area contributed by atoms with Crippen molar-refractivity contribution in [1.29, 1.82) is 0 Å². The number of carbonyl (C=O) groups is 1. The van der Waals surface area contributed by atoms with E-state index in [9.17, 15) is 9.90 Å². The van der Waals surface area contributed by atoms with Crippen LogP contribution in [0, 0.1) is 13.8 Å². The van der Waals surface area contributed by atoms with Crippen molar-refractivity contribution in [2.24, 2.45) is 0 Å². The number of hydrogen-bond donors (Lipinski definition) is 1. The van der Waals surface area contributed by atoms with Crippen LogP contribution in [0.1, 0.15) is 37.0 Å². The minimum absolute atomic E-state index is 0.603. The number of aryl methyl sites for hydroxylation is 2. The molecule has 0 fully saturated rings. The van der Waals surface area contributed by atoms with Gasteiger partial charge in [-0.3, -0.25) is 4.79 Å². The Hall–Kier alpha value is -1.31. The quantitative estimate of drug-likeness (QED) is 0.825. The van der Waals surface area contributed by atoms with Crippen molar-refractivity contribution in [3.63, 3.8) is 0 Å². The highest BCUT2D eigenvalue weighted by Gasteiger charge is 2.34. The molecule has 0 radical (unpaired) electrons. The van der Waals surface area contributed by atoms with Gasteiger partial charge in [-0.05, 0) is 38.3 Å². The van der Waals surface area contributed by atoms with Gasteiger partial charge in [0.25, 0.3) is 0 Å². The first-order chi connectivity index (χ1) is 6.91. The fraction of sp³-hybridized carbons (Fsp3) is 0.462. The summed E-state index contributed by atoms with van der Waals surface area (Å²) in [5, 5.41) is 9.28. The Balaban J connectivity index is 3.30. The molecule has 1 unspecified atom stereocenters. The Labute approximate surface area is 90.9 Å². The summed E-state index contributed by atoms with van der Waals surface area (Å²) >= 11 is 0. The third-order valence-corrected chi connectivity index (χ3v) is 3.16. The van der Waals surface area contributed by atoms with Gasteiger partial charge in [0.05, 0.1) is 5.41 Å². The predicted octanol–water partition coefficient (Wildman–Crippen LogP) is 3.06. The fourth-order valence-electron chi connectivity index (χ4n) is 1.89. The van der Waals surface area contributed by atoms with E-state index in [1.54, 1.807) is 6.92 Å². The molecular formula is C13H18O2. The van der Waals surface area contributed by atoms with E-state index in [0.717, 1.165) is 11.1 Å². The van der Waals surface area contributed by atoms with E-state index < -0.39 is 11.4 Å². The standard InChI is InChI=1S/C13H18O2/c1-5-13(4,12(14)15)11-7-6-9(2)8-10(11)3/h6-8H,5H2,1-4H3,(H,14,15). The van der Waals surface area contributed by atoms with Crippen LogP contribution in [0.5, 0.6) is 0 Å². The van der Waals surface area contributed by atoms with Gasteiger partial charge in [0, 0.05) is 0 Å². The van der Waals surface area contributed by atoms with E-state index in [1.807, 2.05) is 39.0 Å². The van der Waals surface area contributed by atoms with Crippen molar-refractivity contribution in [1.82, 2.24) is 0 Å². The Morgan fingerprint density at radius 2 is 2.00 bits per heavy atom. The highest BCUT2D eigenvalue weighted by molar-refractivity contribution is 5.81. The zero-order chi connectivity index (χ0) is 11.6. The van der Waals surface area contributed by atoms with Crippen LogP contribution < -0.4 is 0 Å². The molecule has 1 N–H and O–H groups in total. The lowest BCUT2D eigenvalue weighted by Crippen LogP contribution is -2.32. The van der Waals surface area contributed by atoms with Gasteiger partial charge >= 0.3 is 5.97 Å². The molecule has 0 saturated carbocycles. The van der Waals surface area contributed by atoms with Crippen LogP contribution in [0.2, 0.25) is 0 Å². The molecule has 1 aromatic carbocycles. The normalized spacial score (nSPS) is 14.7. The molecule has 15 heavy (non-hydrogen) atoms. The second-order valence-corrected chi connectivity index (χ2v) is 4.31. The van der Waals surface area contributed by atoms with Crippen LogP contribution in [0.25, 0.3) is 0 Å². The molecule has 2 heteroatoms. The number of carboxylic acid groups (broad SMARTS) is 1. The molecular weight excluding hydrogens is 188 g/mol. The van der Waals surface area contributed by atoms with Crippen molar-refractivity contribution in [2.75, 3.05) is 0 Å². The summed E-state index contributed by atoms with van der Waals surface area (Å²) in [5.41, 5.74) is 2.38. The maximum atomic E-state index is 11.3. The lowest BCUT2D eigenvalue weighted by Gasteiger charge is -2.25. The van der Waals surface area contributed by atoms with Gasteiger partial charge in [0.1, 0.15) is 0 Å². The largest absolute Gasteiger partial charge is 0.481 e. The van der Waals surface area contributed by atoms with Gasteiger partial charge in [-0.15, -0.1) is 0 Å². The summed E-state index contributed by atoms with van der Waals surface area (Å²) in [6.07, 6.45) is 0.603. The molecule has 1 rings (SSSR count). The third kappa shape index (κ3) is 2.04. The van der Waals surface area contributed by atoms with Crippen LogP contribution in [0.4, 0.5) is 0 Å². The van der Waals surface area contributed by atoms with E-state index in [4.69, 9.17) is 0 Å². The number of hydrogen-bond acceptors (Lipinski definition) is 1. The average molecular weight is 206 g/mol. The van der Waals surface area contributed by atoms with Crippen LogP contribution in [0.15, 0.2) is 18.2 Å². The van der Waals surface area contributed by atoms with E-state index in [1.165, 1.54) is 5.56 Å². The Morgan fingerprint density at radius 3 is 2.40 bits per heavy atom. The summed E-state index contributed by atoms with van der Waals surface area (Å²) in [7, 11) is 0. The van der Waals surface area contributed by atoms with Gasteiger partial charge < -0.3 is 5.11 Å². The first kappa shape index (κ1) is 11.8. The van der Waals surface area contributed by atoms with E-state index in [2.05, 4.69) is 0 Å². The fourth-order valence-corrected chi connectivity index (χ4v) is 1.89. The van der Waals surface area contributed by atoms with Crippen molar-refractivity contribution < 1.29 is 9.90 Å². The predicted molar refractivity (Wildman–Crippen MR) is 61.2 cm³/mol. The summed E-state index contributed by atoms with van der Waals surface area (Å²) in [4.78, 5) is 11.3. The highest BCUT2D eigenvalue weighted by Crippen LogP contribution is 2.30. The molecule has 2 nitrogen and oxygen atoms in total. The molecule has 82 valence electrons. The molecule has 0 saturated heterocycles. The Bertz CT molecular complexity index is 382. The molecule has 0 aliphatic carbocycles. The molecule has 0 bridgehead atoms. The lowest BCUT2D eigenvalue weighted by atomic mass is 9.78. The lowest BCUT2D eigenvalue weighted by molar-refractivity contribution is -0.143. The molecule has 1 aromatic rings. The van der Waals surface area contributed by atoms with E-state index in [0.29, 0.717) is 6.42 Å². The van der Waals surface area contributed by atoms with Gasteiger partial charge in [-0.25, -0.2) is 0 Å². The van der Waals surface area contributed by atoms with E-state index >= 15 is 0 Å². The summed E-state index contributed by atoms with van der Waals surface area (Å²) in [6.45, 7) is 7.68. The smallest absolute Gasteiger partial charge is 0.313 e. The molecule has 0 aromatic heterocycles. The number of rotatable bonds is 3. The summed E-state index contributed by atoms with van der Waals surface area (Å²) in [5.74, 6) is -0.753. The molecule has 0 heterocycles. The number of aliphatic carboxylic acids is 1. The van der Waals surface area contributed by atoms with Crippen LogP contribution in [-0.4, -0.2) is 11.1 Å². The second-order valence-electron chi connectivity index (χ2n) is 4.31. The first-order valence-corrected chi connectivity index (χ1v) is 5.23. The van der Waals surface area contributed by atoms with Crippen molar-refractivity contribution >= 4 is 5.97 Å². The average Bonchev–Trinajstić information content (AvgIpc) is 2.16. The SMILES string of the molecule is CCC(C)(C(=O)O)c1ccc(C)cc1C. The summed E-state index contributed by atoms with van der Waals surface area (Å²) in [6, 6.07) is 5.94. The third-order valence-electron chi connectivity index (χ3n) is 3.16. The maximum Gasteiger partial charge on any atom is 0.313 e. The molecule has 0 aliphatic heterocycles. The second kappa shape index (κ2) is 4.05. The van der Waals surface area contributed by atoms with Crippen LogP contribution in [0.3, 0.4) is 0 Å². The van der Waals surface area contributed by atoms with Crippen molar-refractivity contribution in [2.45, 2.75) is 39.5 Å². The number of carboxylic acids is 1. The zero-order valence-corrected chi connectivity index (χ0v) is 9.79. The Kier molecular flexibility index (Phi) is 3.18. The van der Waals surface area contributed by atoms with Gasteiger partial charge in [-0.2, -0.15) is 0 Å². The molecule has 0 spiro atoms. The van der Waals surface area contributed by atoms with Gasteiger partial charge in [0.15, 0.2) is 0 Å². The minimum Gasteiger partial charge on any atom is -0.481 e. The van der Waals surface area contributed by atoms with Crippen LogP contribution in [-0.2, 0) is 10.2 Å². The Morgan fingerprint density at radius 1 is 1.40 bits per heavy atom. The van der Waals surface area contributed by atoms with Crippen molar-refractivity contribution in [3.8, 4) is 0 Å². The molecule has 0 aliphatic rings. The van der Waals surface area contributed by atoms with Gasteiger partial charge in [0.2, 0.25) is 0 Å².